The molecule has 8 nitrogen and oxygen atoms in total. The van der Waals surface area contributed by atoms with E-state index in [9.17, 15) is 5.26 Å². The van der Waals surface area contributed by atoms with Gasteiger partial charge in [-0.15, -0.1) is 0 Å². The van der Waals surface area contributed by atoms with Gasteiger partial charge in [-0.1, -0.05) is 36.4 Å². The van der Waals surface area contributed by atoms with Crippen LogP contribution in [0.5, 0.6) is 5.75 Å². The Bertz CT molecular complexity index is 1070. The van der Waals surface area contributed by atoms with Crippen molar-refractivity contribution in [2.24, 2.45) is 4.99 Å². The molecule has 33 heavy (non-hydrogen) atoms. The molecule has 0 aliphatic rings. The smallest absolute Gasteiger partial charge is 0.193 e. The van der Waals surface area contributed by atoms with Gasteiger partial charge in [0.05, 0.1) is 17.9 Å². The van der Waals surface area contributed by atoms with Gasteiger partial charge in [0.15, 0.2) is 5.96 Å². The number of para-hydroxylation sites is 2. The standard InChI is InChI=1S/C25H31N7O/c1-3-28-25(31(2)17-18-33-21-13-8-5-9-14-21)29-16-10-15-23-22(19-26)24(27)32(30-23)20-11-6-4-7-12-20/h4-9,11-14H,3,10,15-18,27H2,1-2H3,(H,28,29). The summed E-state index contributed by atoms with van der Waals surface area (Å²) < 4.78 is 7.41. The highest BCUT2D eigenvalue weighted by atomic mass is 16.5. The molecule has 1 heterocycles. The Hall–Kier alpha value is -3.99. The summed E-state index contributed by atoms with van der Waals surface area (Å²) in [4.78, 5) is 6.78. The van der Waals surface area contributed by atoms with E-state index in [4.69, 9.17) is 15.5 Å². The Morgan fingerprint density at radius 2 is 1.88 bits per heavy atom. The number of anilines is 1. The number of hydrogen-bond donors (Lipinski definition) is 2. The van der Waals surface area contributed by atoms with Crippen LogP contribution in [-0.4, -0.2) is 53.9 Å². The first-order valence-electron chi connectivity index (χ1n) is 11.1. The second kappa shape index (κ2) is 12.2. The monoisotopic (exact) mass is 445 g/mol. The van der Waals surface area contributed by atoms with Crippen LogP contribution in [-0.2, 0) is 6.42 Å². The summed E-state index contributed by atoms with van der Waals surface area (Å²) >= 11 is 0. The van der Waals surface area contributed by atoms with Crippen molar-refractivity contribution in [1.82, 2.24) is 20.0 Å². The fourth-order valence-corrected chi connectivity index (χ4v) is 3.37. The highest BCUT2D eigenvalue weighted by molar-refractivity contribution is 5.79. The molecule has 3 N–H and O–H groups in total. The maximum Gasteiger partial charge on any atom is 0.193 e. The van der Waals surface area contributed by atoms with Gasteiger partial charge in [0.25, 0.3) is 0 Å². The van der Waals surface area contributed by atoms with Crippen molar-refractivity contribution in [3.63, 3.8) is 0 Å². The van der Waals surface area contributed by atoms with E-state index >= 15 is 0 Å². The third-order valence-electron chi connectivity index (χ3n) is 5.07. The van der Waals surface area contributed by atoms with E-state index in [0.29, 0.717) is 43.2 Å². The summed E-state index contributed by atoms with van der Waals surface area (Å²) in [6.07, 6.45) is 1.37. The summed E-state index contributed by atoms with van der Waals surface area (Å²) in [5, 5.41) is 17.5. The number of hydrogen-bond acceptors (Lipinski definition) is 5. The molecule has 0 aliphatic carbocycles. The predicted octanol–water partition coefficient (Wildman–Crippen LogP) is 3.24. The van der Waals surface area contributed by atoms with E-state index in [1.165, 1.54) is 0 Å². The number of ether oxygens (including phenoxy) is 1. The number of nitrogens with one attached hydrogen (secondary N) is 1. The lowest BCUT2D eigenvalue weighted by Gasteiger charge is -2.22. The molecule has 0 atom stereocenters. The molecule has 2 aromatic carbocycles. The van der Waals surface area contributed by atoms with Crippen molar-refractivity contribution in [2.75, 3.05) is 39.0 Å². The molecule has 3 aromatic rings. The third kappa shape index (κ3) is 6.50. The zero-order valence-electron chi connectivity index (χ0n) is 19.2. The van der Waals surface area contributed by atoms with Gasteiger partial charge in [-0.25, -0.2) is 4.68 Å². The molecular formula is C25H31N7O. The van der Waals surface area contributed by atoms with E-state index in [-0.39, 0.29) is 0 Å². The van der Waals surface area contributed by atoms with Gasteiger partial charge in [-0.05, 0) is 44.0 Å². The summed E-state index contributed by atoms with van der Waals surface area (Å²) in [5.74, 6) is 2.05. The lowest BCUT2D eigenvalue weighted by molar-refractivity contribution is 0.281. The molecule has 0 saturated heterocycles. The van der Waals surface area contributed by atoms with Crippen molar-refractivity contribution < 1.29 is 4.74 Å². The number of likely N-dealkylation sites (N-methyl/N-ethyl adjacent to an activating group) is 1. The molecule has 0 fully saturated rings. The summed E-state index contributed by atoms with van der Waals surface area (Å²) in [6, 6.07) is 21.6. The number of nitrogen functional groups attached to an aromatic ring is 1. The Labute approximate surface area is 195 Å². The lowest BCUT2D eigenvalue weighted by atomic mass is 10.1. The van der Waals surface area contributed by atoms with Crippen molar-refractivity contribution in [1.29, 1.82) is 5.26 Å². The number of nitrogens with zero attached hydrogens (tertiary/aromatic N) is 5. The first-order valence-corrected chi connectivity index (χ1v) is 11.1. The van der Waals surface area contributed by atoms with Crippen molar-refractivity contribution in [3.8, 4) is 17.5 Å². The molecule has 0 unspecified atom stereocenters. The molecule has 0 saturated carbocycles. The Balaban J connectivity index is 1.56. The van der Waals surface area contributed by atoms with E-state index in [2.05, 4.69) is 21.4 Å². The van der Waals surface area contributed by atoms with Crippen molar-refractivity contribution >= 4 is 11.8 Å². The lowest BCUT2D eigenvalue weighted by Crippen LogP contribution is -2.41. The topological polar surface area (TPSA) is 104 Å². The van der Waals surface area contributed by atoms with Crippen LogP contribution < -0.4 is 15.8 Å². The largest absolute Gasteiger partial charge is 0.492 e. The van der Waals surface area contributed by atoms with Gasteiger partial charge in [0.1, 0.15) is 29.8 Å². The van der Waals surface area contributed by atoms with Gasteiger partial charge >= 0.3 is 0 Å². The fourth-order valence-electron chi connectivity index (χ4n) is 3.37. The number of benzene rings is 2. The SMILES string of the molecule is CCNC(=NCCCc1nn(-c2ccccc2)c(N)c1C#N)N(C)CCOc1ccccc1. The Kier molecular flexibility index (Phi) is 8.71. The molecule has 1 aromatic heterocycles. The normalized spacial score (nSPS) is 11.1. The molecule has 0 radical (unpaired) electrons. The van der Waals surface area contributed by atoms with Crippen LogP contribution in [0.3, 0.4) is 0 Å². The minimum Gasteiger partial charge on any atom is -0.492 e. The van der Waals surface area contributed by atoms with Gasteiger partial charge in [0, 0.05) is 20.1 Å². The number of rotatable bonds is 10. The van der Waals surface area contributed by atoms with Crippen molar-refractivity contribution in [2.45, 2.75) is 19.8 Å². The maximum absolute atomic E-state index is 9.57. The van der Waals surface area contributed by atoms with Crippen LogP contribution in [0.2, 0.25) is 0 Å². The first kappa shape index (κ1) is 23.7. The molecule has 0 spiro atoms. The summed E-state index contributed by atoms with van der Waals surface area (Å²) in [6.45, 7) is 4.69. The number of aromatic nitrogens is 2. The molecule has 0 bridgehead atoms. The molecular weight excluding hydrogens is 414 g/mol. The van der Waals surface area contributed by atoms with Gasteiger partial charge in [-0.2, -0.15) is 10.4 Å². The number of aliphatic imine (C=N–C) groups is 1. The van der Waals surface area contributed by atoms with E-state index < -0.39 is 0 Å². The molecule has 8 heteroatoms. The van der Waals surface area contributed by atoms with Gasteiger partial charge < -0.3 is 20.7 Å². The molecule has 0 amide bonds. The van der Waals surface area contributed by atoms with Crippen LogP contribution in [0.4, 0.5) is 5.82 Å². The Morgan fingerprint density at radius 3 is 2.55 bits per heavy atom. The van der Waals surface area contributed by atoms with Crippen LogP contribution >= 0.6 is 0 Å². The Morgan fingerprint density at radius 1 is 1.18 bits per heavy atom. The van der Waals surface area contributed by atoms with Crippen LogP contribution in [0.15, 0.2) is 65.7 Å². The number of nitrogens with two attached hydrogens (primary N) is 1. The second-order valence-corrected chi connectivity index (χ2v) is 7.49. The number of aryl methyl sites for hydroxylation is 1. The second-order valence-electron chi connectivity index (χ2n) is 7.49. The van der Waals surface area contributed by atoms with Crippen LogP contribution in [0.25, 0.3) is 5.69 Å². The number of nitriles is 1. The van der Waals surface area contributed by atoms with Gasteiger partial charge in [-0.3, -0.25) is 4.99 Å². The first-order chi connectivity index (χ1) is 16.1. The summed E-state index contributed by atoms with van der Waals surface area (Å²) in [5.41, 5.74) is 8.16. The zero-order valence-corrected chi connectivity index (χ0v) is 19.2. The van der Waals surface area contributed by atoms with E-state index in [0.717, 1.165) is 30.4 Å². The van der Waals surface area contributed by atoms with Gasteiger partial charge in [0.2, 0.25) is 0 Å². The third-order valence-corrected chi connectivity index (χ3v) is 5.07. The minimum absolute atomic E-state index is 0.369. The van der Waals surface area contributed by atoms with E-state index in [1.807, 2.05) is 74.6 Å². The average Bonchev–Trinajstić information content (AvgIpc) is 3.17. The quantitative estimate of drug-likeness (QED) is 0.282. The zero-order chi connectivity index (χ0) is 23.5. The van der Waals surface area contributed by atoms with Crippen LogP contribution in [0.1, 0.15) is 24.6 Å². The maximum atomic E-state index is 9.57. The number of guanidine groups is 1. The van der Waals surface area contributed by atoms with E-state index in [1.54, 1.807) is 4.68 Å². The molecule has 172 valence electrons. The summed E-state index contributed by atoms with van der Waals surface area (Å²) in [7, 11) is 1.99. The van der Waals surface area contributed by atoms with Crippen molar-refractivity contribution in [3.05, 3.63) is 71.9 Å². The fraction of sp³-hybridized carbons (Fsp3) is 0.320. The molecule has 3 rings (SSSR count). The minimum atomic E-state index is 0.369. The highest BCUT2D eigenvalue weighted by Gasteiger charge is 2.16. The van der Waals surface area contributed by atoms with Crippen LogP contribution in [0, 0.1) is 11.3 Å². The highest BCUT2D eigenvalue weighted by Crippen LogP contribution is 2.21. The average molecular weight is 446 g/mol. The predicted molar refractivity (Wildman–Crippen MR) is 132 cm³/mol. The molecule has 0 aliphatic heterocycles.